The second kappa shape index (κ2) is 5.46. The lowest BCUT2D eigenvalue weighted by molar-refractivity contribution is 0.246. The van der Waals surface area contributed by atoms with Gasteiger partial charge in [-0.25, -0.2) is 0 Å². The van der Waals surface area contributed by atoms with E-state index in [9.17, 15) is 0 Å². The summed E-state index contributed by atoms with van der Waals surface area (Å²) in [5.74, 6) is 0.704. The summed E-state index contributed by atoms with van der Waals surface area (Å²) >= 11 is 0. The molecular formula is C14H22N2. The molecule has 1 saturated heterocycles. The van der Waals surface area contributed by atoms with Crippen molar-refractivity contribution in [2.45, 2.75) is 25.8 Å². The first kappa shape index (κ1) is 11.6. The van der Waals surface area contributed by atoms with Crippen LogP contribution in [-0.4, -0.2) is 30.6 Å². The van der Waals surface area contributed by atoms with Gasteiger partial charge in [0.05, 0.1) is 0 Å². The highest BCUT2D eigenvalue weighted by molar-refractivity contribution is 5.15. The van der Waals surface area contributed by atoms with Gasteiger partial charge in [-0.3, -0.25) is 4.90 Å². The predicted molar refractivity (Wildman–Crippen MR) is 68.3 cm³/mol. The number of hydrogen-bond donors (Lipinski definition) is 1. The molecule has 1 heterocycles. The molecule has 2 unspecified atom stereocenters. The minimum atomic E-state index is 0.661. The third-order valence-corrected chi connectivity index (χ3v) is 3.88. The Morgan fingerprint density at radius 3 is 2.69 bits per heavy atom. The molecule has 0 saturated carbocycles. The van der Waals surface area contributed by atoms with Gasteiger partial charge in [0.2, 0.25) is 0 Å². The monoisotopic (exact) mass is 218 g/mol. The molecule has 1 aromatic rings. The van der Waals surface area contributed by atoms with Crippen molar-refractivity contribution in [3.8, 4) is 0 Å². The molecule has 2 atom stereocenters. The van der Waals surface area contributed by atoms with Crippen molar-refractivity contribution in [1.29, 1.82) is 0 Å². The standard InChI is InChI=1S/C14H22N2/c1-12-14(11-15)8-10-16(12)9-7-13-5-3-2-4-6-13/h2-6,12,14H,7-11,15H2,1H3. The molecule has 1 fully saturated rings. The van der Waals surface area contributed by atoms with Crippen LogP contribution in [0.3, 0.4) is 0 Å². The van der Waals surface area contributed by atoms with E-state index in [1.165, 1.54) is 25.1 Å². The van der Waals surface area contributed by atoms with Crippen molar-refractivity contribution in [3.63, 3.8) is 0 Å². The molecule has 2 N–H and O–H groups in total. The Hall–Kier alpha value is -0.860. The van der Waals surface area contributed by atoms with E-state index < -0.39 is 0 Å². The lowest BCUT2D eigenvalue weighted by Gasteiger charge is -2.23. The van der Waals surface area contributed by atoms with Gasteiger partial charge in [-0.1, -0.05) is 30.3 Å². The van der Waals surface area contributed by atoms with E-state index in [2.05, 4.69) is 42.2 Å². The molecule has 0 radical (unpaired) electrons. The second-order valence-electron chi connectivity index (χ2n) is 4.80. The molecule has 16 heavy (non-hydrogen) atoms. The summed E-state index contributed by atoms with van der Waals surface area (Å²) in [6.45, 7) is 5.54. The van der Waals surface area contributed by atoms with Gasteiger partial charge >= 0.3 is 0 Å². The zero-order valence-corrected chi connectivity index (χ0v) is 10.1. The van der Waals surface area contributed by atoms with Crippen LogP contribution in [0.1, 0.15) is 18.9 Å². The third kappa shape index (κ3) is 2.63. The van der Waals surface area contributed by atoms with Crippen LogP contribution in [0.4, 0.5) is 0 Å². The maximum absolute atomic E-state index is 5.77. The lowest BCUT2D eigenvalue weighted by Crippen LogP contribution is -2.34. The van der Waals surface area contributed by atoms with Crippen molar-refractivity contribution in [3.05, 3.63) is 35.9 Å². The normalized spacial score (nSPS) is 26.1. The van der Waals surface area contributed by atoms with Crippen LogP contribution < -0.4 is 5.73 Å². The second-order valence-corrected chi connectivity index (χ2v) is 4.80. The summed E-state index contributed by atoms with van der Waals surface area (Å²) in [6, 6.07) is 11.4. The molecule has 88 valence electrons. The molecule has 1 aliphatic heterocycles. The maximum Gasteiger partial charge on any atom is 0.0108 e. The van der Waals surface area contributed by atoms with Crippen LogP contribution in [0.15, 0.2) is 30.3 Å². The predicted octanol–water partition coefficient (Wildman–Crippen LogP) is 1.90. The molecule has 2 heteroatoms. The van der Waals surface area contributed by atoms with Gasteiger partial charge in [0.1, 0.15) is 0 Å². The van der Waals surface area contributed by atoms with Crippen molar-refractivity contribution in [2.24, 2.45) is 11.7 Å². The first-order valence-electron chi connectivity index (χ1n) is 6.29. The van der Waals surface area contributed by atoms with E-state index in [1.807, 2.05) is 0 Å². The summed E-state index contributed by atoms with van der Waals surface area (Å²) in [7, 11) is 0. The molecule has 0 amide bonds. The molecule has 0 aliphatic carbocycles. The van der Waals surface area contributed by atoms with Crippen LogP contribution >= 0.6 is 0 Å². The Kier molecular flexibility index (Phi) is 3.97. The molecule has 0 aromatic heterocycles. The van der Waals surface area contributed by atoms with Gasteiger partial charge in [0.15, 0.2) is 0 Å². The summed E-state index contributed by atoms with van der Waals surface area (Å²) in [5, 5.41) is 0. The average molecular weight is 218 g/mol. The minimum absolute atomic E-state index is 0.661. The largest absolute Gasteiger partial charge is 0.330 e. The van der Waals surface area contributed by atoms with Crippen LogP contribution in [0.25, 0.3) is 0 Å². The van der Waals surface area contributed by atoms with E-state index in [0.717, 1.165) is 13.0 Å². The van der Waals surface area contributed by atoms with E-state index in [1.54, 1.807) is 0 Å². The smallest absolute Gasteiger partial charge is 0.0108 e. The van der Waals surface area contributed by atoms with Crippen LogP contribution in [-0.2, 0) is 6.42 Å². The maximum atomic E-state index is 5.77. The highest BCUT2D eigenvalue weighted by atomic mass is 15.2. The summed E-state index contributed by atoms with van der Waals surface area (Å²) in [6.07, 6.45) is 2.43. The van der Waals surface area contributed by atoms with Crippen LogP contribution in [0.2, 0.25) is 0 Å². The molecule has 2 rings (SSSR count). The molecule has 1 aliphatic rings. The fourth-order valence-corrected chi connectivity index (χ4v) is 2.62. The highest BCUT2D eigenvalue weighted by Gasteiger charge is 2.28. The number of likely N-dealkylation sites (tertiary alicyclic amines) is 1. The Labute approximate surface area is 98.4 Å². The number of rotatable bonds is 4. The fraction of sp³-hybridized carbons (Fsp3) is 0.571. The number of nitrogens with zero attached hydrogens (tertiary/aromatic N) is 1. The average Bonchev–Trinajstić information content (AvgIpc) is 2.69. The first-order chi connectivity index (χ1) is 7.81. The summed E-state index contributed by atoms with van der Waals surface area (Å²) in [4.78, 5) is 2.57. The van der Waals surface area contributed by atoms with Gasteiger partial charge < -0.3 is 5.73 Å². The van der Waals surface area contributed by atoms with Crippen molar-refractivity contribution in [1.82, 2.24) is 4.90 Å². The van der Waals surface area contributed by atoms with E-state index >= 15 is 0 Å². The Bertz CT molecular complexity index is 310. The van der Waals surface area contributed by atoms with E-state index in [4.69, 9.17) is 5.73 Å². The van der Waals surface area contributed by atoms with E-state index in [0.29, 0.717) is 12.0 Å². The Morgan fingerprint density at radius 2 is 2.06 bits per heavy atom. The third-order valence-electron chi connectivity index (χ3n) is 3.88. The summed E-state index contributed by atoms with van der Waals surface area (Å²) < 4.78 is 0. The number of benzene rings is 1. The number of hydrogen-bond acceptors (Lipinski definition) is 2. The molecular weight excluding hydrogens is 196 g/mol. The fourth-order valence-electron chi connectivity index (χ4n) is 2.62. The van der Waals surface area contributed by atoms with Gasteiger partial charge in [0.25, 0.3) is 0 Å². The van der Waals surface area contributed by atoms with Crippen LogP contribution in [0, 0.1) is 5.92 Å². The van der Waals surface area contributed by atoms with Gasteiger partial charge in [0, 0.05) is 12.6 Å². The van der Waals surface area contributed by atoms with Crippen molar-refractivity contribution < 1.29 is 0 Å². The highest BCUT2D eigenvalue weighted by Crippen LogP contribution is 2.23. The summed E-state index contributed by atoms with van der Waals surface area (Å²) in [5.41, 5.74) is 7.20. The molecule has 1 aromatic carbocycles. The van der Waals surface area contributed by atoms with Gasteiger partial charge in [-0.15, -0.1) is 0 Å². The van der Waals surface area contributed by atoms with Crippen LogP contribution in [0.5, 0.6) is 0 Å². The number of nitrogens with two attached hydrogens (primary N) is 1. The lowest BCUT2D eigenvalue weighted by atomic mass is 10.0. The van der Waals surface area contributed by atoms with Gasteiger partial charge in [-0.05, 0) is 44.3 Å². The SMILES string of the molecule is CC1C(CN)CCN1CCc1ccccc1. The topological polar surface area (TPSA) is 29.3 Å². The van der Waals surface area contributed by atoms with Gasteiger partial charge in [-0.2, -0.15) is 0 Å². The zero-order chi connectivity index (χ0) is 11.4. The molecule has 0 bridgehead atoms. The quantitative estimate of drug-likeness (QED) is 0.836. The van der Waals surface area contributed by atoms with E-state index in [-0.39, 0.29) is 0 Å². The van der Waals surface area contributed by atoms with Crippen molar-refractivity contribution >= 4 is 0 Å². The molecule has 2 nitrogen and oxygen atoms in total. The zero-order valence-electron chi connectivity index (χ0n) is 10.1. The first-order valence-corrected chi connectivity index (χ1v) is 6.29. The Morgan fingerprint density at radius 1 is 1.31 bits per heavy atom. The van der Waals surface area contributed by atoms with Crippen molar-refractivity contribution in [2.75, 3.05) is 19.6 Å². The molecule has 0 spiro atoms. The Balaban J connectivity index is 1.83. The minimum Gasteiger partial charge on any atom is -0.330 e.